The first-order valence-electron chi connectivity index (χ1n) is 9.96. The molecule has 0 atom stereocenters. The Morgan fingerprint density at radius 3 is 2.85 bits per heavy atom. The molecule has 2 aromatic rings. The molecule has 0 unspecified atom stereocenters. The number of hydrogen-bond acceptors (Lipinski definition) is 3. The van der Waals surface area contributed by atoms with E-state index < -0.39 is 0 Å². The summed E-state index contributed by atoms with van der Waals surface area (Å²) in [6.45, 7) is 6.18. The monoisotopic (exact) mass is 356 g/mol. The maximum Gasteiger partial charge on any atom is 0.225 e. The van der Waals surface area contributed by atoms with Crippen LogP contribution in [-0.2, 0) is 18.3 Å². The zero-order valence-corrected chi connectivity index (χ0v) is 16.4. The van der Waals surface area contributed by atoms with Crippen molar-refractivity contribution in [3.8, 4) is 0 Å². The molecule has 1 saturated heterocycles. The molecule has 0 saturated carbocycles. The van der Waals surface area contributed by atoms with E-state index in [9.17, 15) is 4.79 Å². The standard InChI is InChI=1S/C21H32N4O/c1-4-5-12-23(2)21(26)17-8-13-25(14-9-17)15-10-18-16-24(3)20-19(18)7-6-11-22-20/h6-7,11,16-17H,4-5,8-10,12-15H2,1-3H3. The summed E-state index contributed by atoms with van der Waals surface area (Å²) in [6, 6.07) is 4.17. The van der Waals surface area contributed by atoms with Crippen molar-refractivity contribution in [2.24, 2.45) is 13.0 Å². The molecule has 0 radical (unpaired) electrons. The molecule has 1 amide bonds. The number of pyridine rings is 1. The molecule has 5 heteroatoms. The molecule has 5 nitrogen and oxygen atoms in total. The Hall–Kier alpha value is -1.88. The van der Waals surface area contributed by atoms with Crippen LogP contribution in [-0.4, -0.2) is 58.5 Å². The topological polar surface area (TPSA) is 41.4 Å². The first-order chi connectivity index (χ1) is 12.6. The molecule has 0 N–H and O–H groups in total. The number of likely N-dealkylation sites (tertiary alicyclic amines) is 1. The molecule has 1 fully saturated rings. The van der Waals surface area contributed by atoms with Gasteiger partial charge in [-0.15, -0.1) is 0 Å². The Bertz CT molecular complexity index is 731. The first-order valence-corrected chi connectivity index (χ1v) is 9.96. The number of carbonyl (C=O) groups excluding carboxylic acids is 1. The van der Waals surface area contributed by atoms with E-state index in [0.29, 0.717) is 5.91 Å². The van der Waals surface area contributed by atoms with Crippen LogP contribution in [0.15, 0.2) is 24.5 Å². The molecule has 3 rings (SSSR count). The second-order valence-electron chi connectivity index (χ2n) is 7.62. The lowest BCUT2D eigenvalue weighted by Crippen LogP contribution is -2.42. The highest BCUT2D eigenvalue weighted by Gasteiger charge is 2.26. The number of unbranched alkanes of at least 4 members (excludes halogenated alkanes) is 1. The average molecular weight is 357 g/mol. The summed E-state index contributed by atoms with van der Waals surface area (Å²) in [5.74, 6) is 0.563. The van der Waals surface area contributed by atoms with Crippen LogP contribution in [0.5, 0.6) is 0 Å². The molecular formula is C21H32N4O. The SMILES string of the molecule is CCCCN(C)C(=O)C1CCN(CCc2cn(C)c3ncccc23)CC1. The number of nitrogens with zero attached hydrogens (tertiary/aromatic N) is 4. The van der Waals surface area contributed by atoms with Crippen LogP contribution in [0.2, 0.25) is 0 Å². The van der Waals surface area contributed by atoms with Gasteiger partial charge in [-0.05, 0) is 56.5 Å². The summed E-state index contributed by atoms with van der Waals surface area (Å²) in [7, 11) is 4.02. The minimum Gasteiger partial charge on any atom is -0.346 e. The van der Waals surface area contributed by atoms with E-state index in [1.54, 1.807) is 0 Å². The average Bonchev–Trinajstić information content (AvgIpc) is 3.00. The van der Waals surface area contributed by atoms with E-state index in [4.69, 9.17) is 0 Å². The number of carbonyl (C=O) groups is 1. The summed E-state index contributed by atoms with van der Waals surface area (Å²) in [4.78, 5) is 21.4. The van der Waals surface area contributed by atoms with Crippen molar-refractivity contribution in [2.45, 2.75) is 39.0 Å². The number of piperidine rings is 1. The van der Waals surface area contributed by atoms with Gasteiger partial charge in [0.1, 0.15) is 5.65 Å². The van der Waals surface area contributed by atoms with E-state index >= 15 is 0 Å². The van der Waals surface area contributed by atoms with Gasteiger partial charge in [0.15, 0.2) is 0 Å². The lowest BCUT2D eigenvalue weighted by atomic mass is 9.95. The van der Waals surface area contributed by atoms with Gasteiger partial charge in [0.25, 0.3) is 0 Å². The van der Waals surface area contributed by atoms with Crippen molar-refractivity contribution in [2.75, 3.05) is 33.2 Å². The Balaban J connectivity index is 1.49. The molecule has 0 aliphatic carbocycles. The number of aryl methyl sites for hydroxylation is 1. The maximum atomic E-state index is 12.5. The zero-order valence-electron chi connectivity index (χ0n) is 16.4. The highest BCUT2D eigenvalue weighted by molar-refractivity contribution is 5.80. The van der Waals surface area contributed by atoms with Gasteiger partial charge in [0.05, 0.1) is 0 Å². The van der Waals surface area contributed by atoms with Crippen molar-refractivity contribution in [3.05, 3.63) is 30.1 Å². The number of rotatable bonds is 7. The third-order valence-corrected chi connectivity index (χ3v) is 5.67. The van der Waals surface area contributed by atoms with Crippen molar-refractivity contribution < 1.29 is 4.79 Å². The van der Waals surface area contributed by atoms with Gasteiger partial charge in [-0.1, -0.05) is 13.3 Å². The largest absolute Gasteiger partial charge is 0.346 e. The summed E-state index contributed by atoms with van der Waals surface area (Å²) < 4.78 is 2.11. The number of fused-ring (bicyclic) bond motifs is 1. The second-order valence-corrected chi connectivity index (χ2v) is 7.62. The van der Waals surface area contributed by atoms with E-state index in [0.717, 1.165) is 63.9 Å². The molecule has 0 bridgehead atoms. The number of amides is 1. The van der Waals surface area contributed by atoms with Gasteiger partial charge < -0.3 is 14.4 Å². The third-order valence-electron chi connectivity index (χ3n) is 5.67. The molecule has 26 heavy (non-hydrogen) atoms. The van der Waals surface area contributed by atoms with Gasteiger partial charge in [-0.25, -0.2) is 4.98 Å². The third kappa shape index (κ3) is 4.26. The molecule has 142 valence electrons. The fraction of sp³-hybridized carbons (Fsp3) is 0.619. The van der Waals surface area contributed by atoms with Gasteiger partial charge in [0, 0.05) is 50.9 Å². The minimum atomic E-state index is 0.217. The maximum absolute atomic E-state index is 12.5. The van der Waals surface area contributed by atoms with E-state index in [1.165, 1.54) is 10.9 Å². The van der Waals surface area contributed by atoms with Gasteiger partial charge in [-0.3, -0.25) is 4.79 Å². The summed E-state index contributed by atoms with van der Waals surface area (Å²) in [5, 5.41) is 1.26. The highest BCUT2D eigenvalue weighted by Crippen LogP contribution is 2.22. The van der Waals surface area contributed by atoms with Crippen LogP contribution in [0.4, 0.5) is 0 Å². The van der Waals surface area contributed by atoms with Crippen molar-refractivity contribution in [1.29, 1.82) is 0 Å². The molecule has 2 aromatic heterocycles. The molecule has 1 aliphatic rings. The molecule has 1 aliphatic heterocycles. The Morgan fingerprint density at radius 2 is 2.12 bits per heavy atom. The van der Waals surface area contributed by atoms with Gasteiger partial charge >= 0.3 is 0 Å². The quantitative estimate of drug-likeness (QED) is 0.765. The van der Waals surface area contributed by atoms with Crippen molar-refractivity contribution in [3.63, 3.8) is 0 Å². The van der Waals surface area contributed by atoms with Gasteiger partial charge in [-0.2, -0.15) is 0 Å². The van der Waals surface area contributed by atoms with Crippen LogP contribution >= 0.6 is 0 Å². The lowest BCUT2D eigenvalue weighted by molar-refractivity contribution is -0.135. The lowest BCUT2D eigenvalue weighted by Gasteiger charge is -2.33. The Morgan fingerprint density at radius 1 is 1.35 bits per heavy atom. The predicted octanol–water partition coefficient (Wildman–Crippen LogP) is 3.09. The fourth-order valence-corrected chi connectivity index (χ4v) is 3.99. The Kier molecular flexibility index (Phi) is 6.30. The minimum absolute atomic E-state index is 0.217. The molecule has 0 aromatic carbocycles. The van der Waals surface area contributed by atoms with Crippen LogP contribution in [0.1, 0.15) is 38.2 Å². The Labute approximate surface area is 157 Å². The number of aromatic nitrogens is 2. The summed E-state index contributed by atoms with van der Waals surface area (Å²) in [5.41, 5.74) is 2.43. The zero-order chi connectivity index (χ0) is 18.5. The summed E-state index contributed by atoms with van der Waals surface area (Å²) >= 11 is 0. The normalized spacial score (nSPS) is 16.3. The summed E-state index contributed by atoms with van der Waals surface area (Å²) in [6.07, 6.45) is 9.32. The smallest absolute Gasteiger partial charge is 0.225 e. The first kappa shape index (κ1) is 18.9. The van der Waals surface area contributed by atoms with E-state index in [-0.39, 0.29) is 5.92 Å². The van der Waals surface area contributed by atoms with Crippen molar-refractivity contribution >= 4 is 16.9 Å². The van der Waals surface area contributed by atoms with Crippen LogP contribution < -0.4 is 0 Å². The van der Waals surface area contributed by atoms with E-state index in [2.05, 4.69) is 40.7 Å². The molecular weight excluding hydrogens is 324 g/mol. The van der Waals surface area contributed by atoms with Crippen LogP contribution in [0, 0.1) is 5.92 Å². The van der Waals surface area contributed by atoms with Crippen LogP contribution in [0.25, 0.3) is 11.0 Å². The van der Waals surface area contributed by atoms with Crippen molar-refractivity contribution in [1.82, 2.24) is 19.4 Å². The molecule has 0 spiro atoms. The highest BCUT2D eigenvalue weighted by atomic mass is 16.2. The predicted molar refractivity (Wildman–Crippen MR) is 106 cm³/mol. The fourth-order valence-electron chi connectivity index (χ4n) is 3.99. The molecule has 3 heterocycles. The van der Waals surface area contributed by atoms with Crippen LogP contribution in [0.3, 0.4) is 0 Å². The second kappa shape index (κ2) is 8.67. The van der Waals surface area contributed by atoms with Gasteiger partial charge in [0.2, 0.25) is 5.91 Å². The van der Waals surface area contributed by atoms with E-state index in [1.807, 2.05) is 24.2 Å². The number of hydrogen-bond donors (Lipinski definition) is 0.